The van der Waals surface area contributed by atoms with Gasteiger partial charge in [-0.2, -0.15) is 0 Å². The number of halogens is 2. The number of aryl methyl sites for hydroxylation is 1. The van der Waals surface area contributed by atoms with Crippen LogP contribution in [-0.2, 0) is 6.42 Å². The topological polar surface area (TPSA) is 79.2 Å². The molecule has 0 saturated carbocycles. The zero-order valence-corrected chi connectivity index (χ0v) is 25.0. The van der Waals surface area contributed by atoms with Crippen LogP contribution in [-0.4, -0.2) is 60.5 Å². The van der Waals surface area contributed by atoms with Gasteiger partial charge in [-0.25, -0.2) is 4.79 Å². The lowest BCUT2D eigenvalue weighted by atomic mass is 9.91. The molecule has 4 rings (SSSR count). The van der Waals surface area contributed by atoms with Gasteiger partial charge in [0.05, 0.1) is 5.56 Å². The second-order valence-corrected chi connectivity index (χ2v) is 11.1. The Morgan fingerprint density at radius 1 is 0.810 bits per heavy atom. The largest absolute Gasteiger partial charge is 0.491 e. The Morgan fingerprint density at radius 2 is 1.38 bits per heavy atom. The van der Waals surface area contributed by atoms with E-state index in [4.69, 9.17) is 37.8 Å². The van der Waals surface area contributed by atoms with Crippen LogP contribution in [0.4, 0.5) is 0 Å². The lowest BCUT2D eigenvalue weighted by molar-refractivity contribution is 0.0623. The molecule has 0 radical (unpaired) electrons. The van der Waals surface area contributed by atoms with E-state index in [1.807, 2.05) is 48.5 Å². The Balaban J connectivity index is 1.21. The molecule has 42 heavy (non-hydrogen) atoms. The number of ether oxygens (including phenoxy) is 2. The normalized spacial score (nSPS) is 12.0. The number of rotatable bonds is 15. The molecule has 0 amide bonds. The first kappa shape index (κ1) is 31.4. The summed E-state index contributed by atoms with van der Waals surface area (Å²) in [4.78, 5) is 13.4. The van der Waals surface area contributed by atoms with Gasteiger partial charge in [0.25, 0.3) is 0 Å². The van der Waals surface area contributed by atoms with E-state index in [2.05, 4.69) is 36.2 Å². The first-order valence-electron chi connectivity index (χ1n) is 13.8. The van der Waals surface area contributed by atoms with Crippen molar-refractivity contribution in [2.75, 3.05) is 33.4 Å². The molecule has 4 aromatic rings. The van der Waals surface area contributed by atoms with E-state index in [0.717, 1.165) is 36.0 Å². The number of carbonyl (C=O) groups is 1. The molecule has 0 fully saturated rings. The zero-order chi connectivity index (χ0) is 29.9. The molecule has 2 N–H and O–H groups in total. The van der Waals surface area contributed by atoms with Crippen molar-refractivity contribution in [3.05, 3.63) is 129 Å². The first-order valence-corrected chi connectivity index (χ1v) is 14.6. The lowest BCUT2D eigenvalue weighted by Gasteiger charge is -2.25. The smallest absolute Gasteiger partial charge is 0.335 e. The van der Waals surface area contributed by atoms with E-state index in [-0.39, 0.29) is 24.7 Å². The summed E-state index contributed by atoms with van der Waals surface area (Å²) in [5, 5.41) is 20.8. The Bertz CT molecular complexity index is 1370. The average molecular weight is 609 g/mol. The van der Waals surface area contributed by atoms with Crippen LogP contribution in [0.25, 0.3) is 0 Å². The zero-order valence-electron chi connectivity index (χ0n) is 23.5. The van der Waals surface area contributed by atoms with Crippen molar-refractivity contribution < 1.29 is 24.5 Å². The summed E-state index contributed by atoms with van der Waals surface area (Å²) in [6, 6.07) is 30.1. The molecule has 6 nitrogen and oxygen atoms in total. The molecular formula is C34H35Cl2NO5. The summed E-state index contributed by atoms with van der Waals surface area (Å²) in [5.41, 5.74) is 3.77. The first-order chi connectivity index (χ1) is 20.3. The van der Waals surface area contributed by atoms with Crippen molar-refractivity contribution in [3.8, 4) is 11.5 Å². The van der Waals surface area contributed by atoms with Gasteiger partial charge in [-0.15, -0.1) is 0 Å². The van der Waals surface area contributed by atoms with Crippen LogP contribution in [0.15, 0.2) is 97.1 Å². The van der Waals surface area contributed by atoms with E-state index in [9.17, 15) is 9.90 Å². The van der Waals surface area contributed by atoms with Crippen LogP contribution in [0.3, 0.4) is 0 Å². The molecule has 220 valence electrons. The second-order valence-electron chi connectivity index (χ2n) is 10.3. The number of nitrogens with zero attached hydrogens (tertiary/aromatic N) is 1. The van der Waals surface area contributed by atoms with E-state index in [1.165, 1.54) is 28.8 Å². The fraction of sp³-hybridized carbons (Fsp3) is 0.265. The van der Waals surface area contributed by atoms with E-state index >= 15 is 0 Å². The van der Waals surface area contributed by atoms with Crippen LogP contribution in [0.2, 0.25) is 10.0 Å². The molecule has 0 bridgehead atoms. The standard InChI is InChI=1S/C34H35Cl2NO5/c1-37(21-33(25-9-13-28(35)14-10-25)26-11-15-29(36)16-12-26)19-3-4-24-7-17-31(18-8-24)41-22-30(38)23-42-32-6-2-5-27(20-32)34(39)40/h2,5-18,20,30,33,38H,3-4,19,21-23H2,1H3,(H,39,40). The number of aromatic carboxylic acids is 1. The monoisotopic (exact) mass is 607 g/mol. The van der Waals surface area contributed by atoms with Gasteiger partial charge in [0.2, 0.25) is 0 Å². The SMILES string of the molecule is CN(CCCc1ccc(OCC(O)COc2cccc(C(=O)O)c2)cc1)CC(c1ccc(Cl)cc1)c1ccc(Cl)cc1. The summed E-state index contributed by atoms with van der Waals surface area (Å²) in [5.74, 6) is 0.222. The minimum atomic E-state index is -1.03. The number of carboxylic acid groups (broad SMARTS) is 1. The van der Waals surface area contributed by atoms with E-state index in [0.29, 0.717) is 11.5 Å². The highest BCUT2D eigenvalue weighted by molar-refractivity contribution is 6.30. The molecule has 0 spiro atoms. The third-order valence-corrected chi connectivity index (χ3v) is 7.44. The van der Waals surface area contributed by atoms with Gasteiger partial charge in [0.1, 0.15) is 30.8 Å². The number of likely N-dealkylation sites (N-methyl/N-ethyl adjacent to an activating group) is 1. The number of aliphatic hydroxyl groups excluding tert-OH is 1. The predicted molar refractivity (Wildman–Crippen MR) is 167 cm³/mol. The number of carboxylic acids is 1. The van der Waals surface area contributed by atoms with Gasteiger partial charge < -0.3 is 24.6 Å². The average Bonchev–Trinajstić information content (AvgIpc) is 2.99. The molecular weight excluding hydrogens is 573 g/mol. The molecule has 4 aromatic carbocycles. The van der Waals surface area contributed by atoms with E-state index in [1.54, 1.807) is 12.1 Å². The molecule has 0 aliphatic rings. The number of hydrogen-bond donors (Lipinski definition) is 2. The third-order valence-electron chi connectivity index (χ3n) is 6.93. The summed E-state index contributed by atoms with van der Waals surface area (Å²) in [6.07, 6.45) is 1.07. The Hall–Kier alpha value is -3.55. The molecule has 0 aromatic heterocycles. The van der Waals surface area contributed by atoms with Gasteiger partial charge in [-0.1, -0.05) is 65.7 Å². The lowest BCUT2D eigenvalue weighted by Crippen LogP contribution is -2.26. The fourth-order valence-electron chi connectivity index (χ4n) is 4.65. The maximum absolute atomic E-state index is 11.1. The van der Waals surface area contributed by atoms with Crippen LogP contribution < -0.4 is 9.47 Å². The molecule has 0 saturated heterocycles. The molecule has 1 atom stereocenters. The molecule has 0 heterocycles. The molecule has 0 aliphatic heterocycles. The second kappa shape index (κ2) is 15.6. The van der Waals surface area contributed by atoms with Crippen molar-refractivity contribution in [2.24, 2.45) is 0 Å². The summed E-state index contributed by atoms with van der Waals surface area (Å²) >= 11 is 12.3. The van der Waals surface area contributed by atoms with Crippen molar-refractivity contribution in [1.82, 2.24) is 4.90 Å². The maximum Gasteiger partial charge on any atom is 0.335 e. The Labute approximate surface area is 257 Å². The highest BCUT2D eigenvalue weighted by Crippen LogP contribution is 2.28. The van der Waals surface area contributed by atoms with Gasteiger partial charge in [0.15, 0.2) is 0 Å². The fourth-order valence-corrected chi connectivity index (χ4v) is 4.91. The van der Waals surface area contributed by atoms with Crippen LogP contribution in [0.5, 0.6) is 11.5 Å². The van der Waals surface area contributed by atoms with Gasteiger partial charge >= 0.3 is 5.97 Å². The van der Waals surface area contributed by atoms with Crippen LogP contribution in [0.1, 0.15) is 39.4 Å². The molecule has 0 aliphatic carbocycles. The van der Waals surface area contributed by atoms with Crippen LogP contribution in [0, 0.1) is 0 Å². The highest BCUT2D eigenvalue weighted by atomic mass is 35.5. The Kier molecular flexibility index (Phi) is 11.7. The van der Waals surface area contributed by atoms with Gasteiger partial charge in [-0.05, 0) is 97.7 Å². The number of aliphatic hydroxyl groups is 1. The maximum atomic E-state index is 11.1. The highest BCUT2D eigenvalue weighted by Gasteiger charge is 2.17. The van der Waals surface area contributed by atoms with Gasteiger partial charge in [0, 0.05) is 22.5 Å². The molecule has 8 heteroatoms. The predicted octanol–water partition coefficient (Wildman–Crippen LogP) is 7.21. The van der Waals surface area contributed by atoms with Gasteiger partial charge in [-0.3, -0.25) is 0 Å². The summed E-state index contributed by atoms with van der Waals surface area (Å²) in [7, 11) is 2.15. The van der Waals surface area contributed by atoms with Crippen molar-refractivity contribution in [2.45, 2.75) is 24.9 Å². The minimum Gasteiger partial charge on any atom is -0.491 e. The van der Waals surface area contributed by atoms with Crippen molar-refractivity contribution in [3.63, 3.8) is 0 Å². The van der Waals surface area contributed by atoms with Crippen molar-refractivity contribution in [1.29, 1.82) is 0 Å². The minimum absolute atomic E-state index is 0.00837. The summed E-state index contributed by atoms with van der Waals surface area (Å²) in [6.45, 7) is 1.86. The number of benzene rings is 4. The van der Waals surface area contributed by atoms with Crippen molar-refractivity contribution >= 4 is 29.2 Å². The quantitative estimate of drug-likeness (QED) is 0.149. The van der Waals surface area contributed by atoms with Crippen LogP contribution >= 0.6 is 23.2 Å². The molecule has 1 unspecified atom stereocenters. The van der Waals surface area contributed by atoms with E-state index < -0.39 is 12.1 Å². The summed E-state index contributed by atoms with van der Waals surface area (Å²) < 4.78 is 11.2. The number of hydrogen-bond acceptors (Lipinski definition) is 5. The third kappa shape index (κ3) is 9.78. The Morgan fingerprint density at radius 3 is 1.95 bits per heavy atom.